The van der Waals surface area contributed by atoms with Crippen molar-refractivity contribution in [1.29, 1.82) is 5.26 Å². The minimum atomic E-state index is -5.55. The first-order valence-corrected chi connectivity index (χ1v) is 4.94. The normalized spacial score (nSPS) is 12.4. The van der Waals surface area contributed by atoms with Gasteiger partial charge in [0.1, 0.15) is 5.82 Å². The van der Waals surface area contributed by atoms with E-state index in [1.54, 1.807) is 0 Å². The topological polar surface area (TPSA) is 23.8 Å². The number of nitriles is 1. The molecule has 1 aromatic rings. The highest BCUT2D eigenvalue weighted by atomic mass is 19.4. The Bertz CT molecular complexity index is 576. The quantitative estimate of drug-likeness (QED) is 0.590. The van der Waals surface area contributed by atoms with Gasteiger partial charge in [0.2, 0.25) is 0 Å². The Labute approximate surface area is 107 Å². The number of hydrogen-bond acceptors (Lipinski definition) is 1. The summed E-state index contributed by atoms with van der Waals surface area (Å²) in [6.45, 7) is -0.0714. The summed E-state index contributed by atoms with van der Waals surface area (Å²) in [5, 5.41) is 8.27. The van der Waals surface area contributed by atoms with Crippen molar-refractivity contribution in [3.63, 3.8) is 0 Å². The van der Waals surface area contributed by atoms with Crippen LogP contribution in [0, 0.1) is 28.8 Å². The number of hydrogen-bond donors (Lipinski definition) is 0. The molecule has 9 heteroatoms. The number of alkyl halides is 5. The van der Waals surface area contributed by atoms with Crippen LogP contribution in [0.2, 0.25) is 0 Å². The Morgan fingerprint density at radius 3 is 1.75 bits per heavy atom. The Balaban J connectivity index is 3.91. The standard InChI is InChI=1S/C11H5F8N/c1-10(15,16)6-8(13)5(11(17,18)19)4(2-3-20)7(12)9(6)14/h2H2,1H3. The maximum Gasteiger partial charge on any atom is 0.419 e. The summed E-state index contributed by atoms with van der Waals surface area (Å²) < 4.78 is 104. The van der Waals surface area contributed by atoms with Crippen LogP contribution in [0.1, 0.15) is 23.6 Å². The molecule has 0 aliphatic heterocycles. The first-order chi connectivity index (χ1) is 8.92. The minimum Gasteiger partial charge on any atom is -0.206 e. The van der Waals surface area contributed by atoms with E-state index in [-0.39, 0.29) is 6.92 Å². The number of rotatable bonds is 2. The second-order valence-corrected chi connectivity index (χ2v) is 3.89. The smallest absolute Gasteiger partial charge is 0.206 e. The van der Waals surface area contributed by atoms with Crippen molar-refractivity contribution in [2.24, 2.45) is 0 Å². The lowest BCUT2D eigenvalue weighted by Crippen LogP contribution is -2.22. The van der Waals surface area contributed by atoms with Gasteiger partial charge in [0.15, 0.2) is 11.6 Å². The van der Waals surface area contributed by atoms with Gasteiger partial charge in [-0.1, -0.05) is 0 Å². The zero-order chi connectivity index (χ0) is 15.9. The SMILES string of the molecule is CC(F)(F)c1c(F)c(F)c(CC#N)c(C(F)(F)F)c1F. The Hall–Kier alpha value is -1.85. The molecule has 0 atom stereocenters. The maximum absolute atomic E-state index is 13.6. The lowest BCUT2D eigenvalue weighted by Gasteiger charge is -2.20. The minimum absolute atomic E-state index is 0.0714. The second-order valence-electron chi connectivity index (χ2n) is 3.89. The second kappa shape index (κ2) is 4.92. The molecule has 20 heavy (non-hydrogen) atoms. The van der Waals surface area contributed by atoms with Crippen molar-refractivity contribution >= 4 is 0 Å². The summed E-state index contributed by atoms with van der Waals surface area (Å²) >= 11 is 0. The predicted octanol–water partition coefficient (Wildman–Crippen LogP) is 4.30. The first kappa shape index (κ1) is 16.2. The van der Waals surface area contributed by atoms with Gasteiger partial charge in [0.25, 0.3) is 5.92 Å². The summed E-state index contributed by atoms with van der Waals surface area (Å²) in [6.07, 6.45) is -6.87. The van der Waals surface area contributed by atoms with Gasteiger partial charge in [0.05, 0.1) is 23.6 Å². The van der Waals surface area contributed by atoms with E-state index in [4.69, 9.17) is 5.26 Å². The molecule has 1 rings (SSSR count). The summed E-state index contributed by atoms with van der Waals surface area (Å²) in [4.78, 5) is 0. The molecule has 0 saturated carbocycles. The summed E-state index contributed by atoms with van der Waals surface area (Å²) in [7, 11) is 0. The fourth-order valence-corrected chi connectivity index (χ4v) is 1.63. The average molecular weight is 303 g/mol. The van der Waals surface area contributed by atoms with Crippen LogP contribution in [-0.4, -0.2) is 0 Å². The van der Waals surface area contributed by atoms with Gasteiger partial charge in [-0.3, -0.25) is 0 Å². The molecule has 110 valence electrons. The highest BCUT2D eigenvalue weighted by Gasteiger charge is 2.45. The van der Waals surface area contributed by atoms with Crippen molar-refractivity contribution in [3.05, 3.63) is 34.1 Å². The molecule has 0 heterocycles. The van der Waals surface area contributed by atoms with Gasteiger partial charge in [-0.25, -0.2) is 22.0 Å². The molecule has 0 aliphatic rings. The van der Waals surface area contributed by atoms with Gasteiger partial charge in [0, 0.05) is 12.5 Å². The molecular weight excluding hydrogens is 298 g/mol. The zero-order valence-corrected chi connectivity index (χ0v) is 9.68. The van der Waals surface area contributed by atoms with Crippen molar-refractivity contribution in [2.45, 2.75) is 25.4 Å². The number of nitrogens with zero attached hydrogens (tertiary/aromatic N) is 1. The Morgan fingerprint density at radius 2 is 1.40 bits per heavy atom. The van der Waals surface area contributed by atoms with Gasteiger partial charge >= 0.3 is 6.18 Å². The summed E-state index contributed by atoms with van der Waals surface area (Å²) in [5.74, 6) is -11.7. The molecule has 0 amide bonds. The highest BCUT2D eigenvalue weighted by Crippen LogP contribution is 2.42. The molecule has 0 unspecified atom stereocenters. The van der Waals surface area contributed by atoms with Crippen LogP contribution < -0.4 is 0 Å². The van der Waals surface area contributed by atoms with E-state index in [2.05, 4.69) is 0 Å². The molecule has 0 N–H and O–H groups in total. The molecule has 1 nitrogen and oxygen atoms in total. The summed E-state index contributed by atoms with van der Waals surface area (Å²) in [6, 6.07) is 1.09. The fraction of sp³-hybridized carbons (Fsp3) is 0.364. The van der Waals surface area contributed by atoms with E-state index in [1.165, 1.54) is 0 Å². The third-order valence-corrected chi connectivity index (χ3v) is 2.40. The molecule has 0 radical (unpaired) electrons. The fourth-order valence-electron chi connectivity index (χ4n) is 1.63. The molecule has 0 aliphatic carbocycles. The van der Waals surface area contributed by atoms with E-state index in [0.29, 0.717) is 0 Å². The van der Waals surface area contributed by atoms with Crippen molar-refractivity contribution < 1.29 is 35.1 Å². The molecule has 0 bridgehead atoms. The molecule has 0 aromatic heterocycles. The van der Waals surface area contributed by atoms with Crippen LogP contribution in [0.3, 0.4) is 0 Å². The lowest BCUT2D eigenvalue weighted by atomic mass is 9.96. The molecular formula is C11H5F8N. The number of benzene rings is 1. The van der Waals surface area contributed by atoms with Crippen LogP contribution in [0.25, 0.3) is 0 Å². The van der Waals surface area contributed by atoms with Crippen LogP contribution in [0.15, 0.2) is 0 Å². The third kappa shape index (κ3) is 2.69. The average Bonchev–Trinajstić information content (AvgIpc) is 2.22. The molecule has 1 aromatic carbocycles. The van der Waals surface area contributed by atoms with Crippen LogP contribution in [0.4, 0.5) is 35.1 Å². The largest absolute Gasteiger partial charge is 0.419 e. The predicted molar refractivity (Wildman–Crippen MR) is 50.2 cm³/mol. The van der Waals surface area contributed by atoms with Crippen molar-refractivity contribution in [2.75, 3.05) is 0 Å². The van der Waals surface area contributed by atoms with Crippen LogP contribution in [0.5, 0.6) is 0 Å². The zero-order valence-electron chi connectivity index (χ0n) is 9.68. The third-order valence-electron chi connectivity index (χ3n) is 2.40. The van der Waals surface area contributed by atoms with Gasteiger partial charge in [-0.15, -0.1) is 0 Å². The Kier molecular flexibility index (Phi) is 3.99. The van der Waals surface area contributed by atoms with E-state index < -0.39 is 52.7 Å². The highest BCUT2D eigenvalue weighted by molar-refractivity contribution is 5.41. The van der Waals surface area contributed by atoms with Crippen molar-refractivity contribution in [1.82, 2.24) is 0 Å². The van der Waals surface area contributed by atoms with E-state index in [9.17, 15) is 35.1 Å². The van der Waals surface area contributed by atoms with E-state index in [0.717, 1.165) is 6.07 Å². The van der Waals surface area contributed by atoms with Gasteiger partial charge < -0.3 is 0 Å². The van der Waals surface area contributed by atoms with E-state index in [1.807, 2.05) is 0 Å². The maximum atomic E-state index is 13.6. The Morgan fingerprint density at radius 1 is 0.900 bits per heavy atom. The number of halogens is 8. The molecule has 0 spiro atoms. The van der Waals surface area contributed by atoms with Crippen LogP contribution >= 0.6 is 0 Å². The van der Waals surface area contributed by atoms with Gasteiger partial charge in [-0.2, -0.15) is 18.4 Å². The monoisotopic (exact) mass is 303 g/mol. The van der Waals surface area contributed by atoms with Crippen LogP contribution in [-0.2, 0) is 18.5 Å². The summed E-state index contributed by atoms with van der Waals surface area (Å²) in [5.41, 5.74) is -6.35. The molecule has 0 fully saturated rings. The van der Waals surface area contributed by atoms with Crippen molar-refractivity contribution in [3.8, 4) is 6.07 Å². The lowest BCUT2D eigenvalue weighted by molar-refractivity contribution is -0.141. The van der Waals surface area contributed by atoms with Gasteiger partial charge in [-0.05, 0) is 0 Å². The first-order valence-electron chi connectivity index (χ1n) is 4.94. The van der Waals surface area contributed by atoms with E-state index >= 15 is 0 Å². The molecule has 0 saturated heterocycles.